The number of rotatable bonds is 4. The van der Waals surface area contributed by atoms with Crippen LogP contribution in [0, 0.1) is 0 Å². The molecule has 2 heterocycles. The van der Waals surface area contributed by atoms with Gasteiger partial charge in [-0.15, -0.1) is 0 Å². The number of ether oxygens (including phenoxy) is 2. The fourth-order valence-electron chi connectivity index (χ4n) is 3.15. The lowest BCUT2D eigenvalue weighted by molar-refractivity contribution is 0.353. The molecule has 4 rings (SSSR count). The predicted molar refractivity (Wildman–Crippen MR) is 113 cm³/mol. The van der Waals surface area contributed by atoms with E-state index in [4.69, 9.17) is 20.2 Å². The Balaban J connectivity index is 2.04. The highest BCUT2D eigenvalue weighted by Crippen LogP contribution is 2.42. The van der Waals surface area contributed by atoms with E-state index in [2.05, 4.69) is 25.9 Å². The number of fused-ring (bicyclic) bond motifs is 1. The zero-order valence-electron chi connectivity index (χ0n) is 15.3. The standard InChI is InChI=1S/C21H17BrN4O2/c1-27-17-9-13(8-15(22)19(17)28-2)14-10-16(12-6-4-3-5-7-12)26-21-18(14)20(23)24-11-25-21/h3-11H,1-2H3,(H2,23,24,25,26). The first-order valence-electron chi connectivity index (χ1n) is 8.51. The molecule has 0 saturated heterocycles. The second kappa shape index (κ2) is 7.44. The zero-order chi connectivity index (χ0) is 19.7. The second-order valence-corrected chi connectivity index (χ2v) is 6.93. The average molecular weight is 437 g/mol. The minimum Gasteiger partial charge on any atom is -0.493 e. The van der Waals surface area contributed by atoms with Crippen LogP contribution in [0.4, 0.5) is 5.82 Å². The Bertz CT molecular complexity index is 1170. The molecule has 0 spiro atoms. The van der Waals surface area contributed by atoms with Gasteiger partial charge in [0.1, 0.15) is 12.1 Å². The van der Waals surface area contributed by atoms with E-state index in [-0.39, 0.29) is 0 Å². The molecule has 0 saturated carbocycles. The van der Waals surface area contributed by atoms with Crippen LogP contribution in [-0.4, -0.2) is 29.2 Å². The van der Waals surface area contributed by atoms with E-state index < -0.39 is 0 Å². The maximum Gasteiger partial charge on any atom is 0.174 e. The summed E-state index contributed by atoms with van der Waals surface area (Å²) in [5, 5.41) is 0.696. The van der Waals surface area contributed by atoms with Gasteiger partial charge in [-0.05, 0) is 45.3 Å². The third kappa shape index (κ3) is 3.14. The van der Waals surface area contributed by atoms with E-state index in [0.29, 0.717) is 28.4 Å². The molecular formula is C21H17BrN4O2. The van der Waals surface area contributed by atoms with Crippen molar-refractivity contribution in [3.63, 3.8) is 0 Å². The Morgan fingerprint density at radius 3 is 2.43 bits per heavy atom. The number of benzene rings is 2. The fraction of sp³-hybridized carbons (Fsp3) is 0.0952. The molecule has 140 valence electrons. The van der Waals surface area contributed by atoms with Gasteiger partial charge in [0.2, 0.25) is 0 Å². The van der Waals surface area contributed by atoms with Gasteiger partial charge in [0.25, 0.3) is 0 Å². The Hall–Kier alpha value is -3.19. The first kappa shape index (κ1) is 18.2. The second-order valence-electron chi connectivity index (χ2n) is 6.07. The predicted octanol–water partition coefficient (Wildman–Crippen LogP) is 4.72. The Kier molecular flexibility index (Phi) is 4.83. The normalized spacial score (nSPS) is 10.8. The quantitative estimate of drug-likeness (QED) is 0.498. The minimum atomic E-state index is 0.373. The van der Waals surface area contributed by atoms with Crippen LogP contribution in [0.25, 0.3) is 33.4 Å². The highest BCUT2D eigenvalue weighted by molar-refractivity contribution is 9.10. The number of halogens is 1. The third-order valence-electron chi connectivity index (χ3n) is 4.45. The summed E-state index contributed by atoms with van der Waals surface area (Å²) in [6.07, 6.45) is 1.42. The Morgan fingerprint density at radius 2 is 1.71 bits per heavy atom. The summed E-state index contributed by atoms with van der Waals surface area (Å²) in [7, 11) is 3.20. The molecule has 2 aromatic carbocycles. The number of nitrogen functional groups attached to an aromatic ring is 1. The van der Waals surface area contributed by atoms with Crippen LogP contribution >= 0.6 is 15.9 Å². The monoisotopic (exact) mass is 436 g/mol. The van der Waals surface area contributed by atoms with Gasteiger partial charge in [0.05, 0.1) is 29.8 Å². The molecule has 7 heteroatoms. The third-order valence-corrected chi connectivity index (χ3v) is 5.04. The van der Waals surface area contributed by atoms with Gasteiger partial charge >= 0.3 is 0 Å². The molecule has 0 atom stereocenters. The molecule has 2 aromatic heterocycles. The van der Waals surface area contributed by atoms with Crippen molar-refractivity contribution in [3.05, 3.63) is 59.3 Å². The van der Waals surface area contributed by atoms with E-state index in [9.17, 15) is 0 Å². The molecule has 0 amide bonds. The molecule has 0 unspecified atom stereocenters. The van der Waals surface area contributed by atoms with Crippen LogP contribution in [0.2, 0.25) is 0 Å². The number of hydrogen-bond donors (Lipinski definition) is 1. The SMILES string of the molecule is COc1cc(-c2cc(-c3ccccc3)nc3ncnc(N)c23)cc(Br)c1OC. The van der Waals surface area contributed by atoms with Crippen LogP contribution < -0.4 is 15.2 Å². The molecule has 4 aromatic rings. The first-order valence-corrected chi connectivity index (χ1v) is 9.30. The number of hydrogen-bond acceptors (Lipinski definition) is 6. The minimum absolute atomic E-state index is 0.373. The smallest absolute Gasteiger partial charge is 0.174 e. The van der Waals surface area contributed by atoms with Crippen LogP contribution in [0.5, 0.6) is 11.5 Å². The van der Waals surface area contributed by atoms with Crippen LogP contribution in [0.1, 0.15) is 0 Å². The molecule has 2 N–H and O–H groups in total. The van der Waals surface area contributed by atoms with E-state index in [1.165, 1.54) is 6.33 Å². The van der Waals surface area contributed by atoms with Crippen molar-refractivity contribution in [2.24, 2.45) is 0 Å². The van der Waals surface area contributed by atoms with Crippen molar-refractivity contribution in [1.82, 2.24) is 15.0 Å². The molecule has 0 aliphatic carbocycles. The summed E-state index contributed by atoms with van der Waals surface area (Å²) in [6, 6.07) is 15.8. The molecule has 0 radical (unpaired) electrons. The molecule has 0 bridgehead atoms. The van der Waals surface area contributed by atoms with Gasteiger partial charge in [0, 0.05) is 5.56 Å². The van der Waals surface area contributed by atoms with Gasteiger partial charge in [-0.1, -0.05) is 30.3 Å². The number of nitrogens with two attached hydrogens (primary N) is 1. The van der Waals surface area contributed by atoms with Crippen LogP contribution in [0.15, 0.2) is 59.3 Å². The first-order chi connectivity index (χ1) is 13.6. The number of nitrogens with zero attached hydrogens (tertiary/aromatic N) is 3. The zero-order valence-corrected chi connectivity index (χ0v) is 16.9. The summed E-state index contributed by atoms with van der Waals surface area (Å²) in [6.45, 7) is 0. The lowest BCUT2D eigenvalue weighted by atomic mass is 9.99. The molecule has 0 aliphatic rings. The van der Waals surface area contributed by atoms with Crippen LogP contribution in [0.3, 0.4) is 0 Å². The Morgan fingerprint density at radius 1 is 0.929 bits per heavy atom. The molecule has 6 nitrogen and oxygen atoms in total. The molecule has 0 fully saturated rings. The lowest BCUT2D eigenvalue weighted by Gasteiger charge is -2.15. The van der Waals surface area contributed by atoms with E-state index in [1.54, 1.807) is 14.2 Å². The lowest BCUT2D eigenvalue weighted by Crippen LogP contribution is -1.99. The summed E-state index contributed by atoms with van der Waals surface area (Å²) >= 11 is 3.56. The number of aromatic nitrogens is 3. The number of pyridine rings is 1. The van der Waals surface area contributed by atoms with Gasteiger partial charge < -0.3 is 15.2 Å². The highest BCUT2D eigenvalue weighted by atomic mass is 79.9. The molecule has 28 heavy (non-hydrogen) atoms. The summed E-state index contributed by atoms with van der Waals surface area (Å²) < 4.78 is 11.7. The largest absolute Gasteiger partial charge is 0.493 e. The van der Waals surface area contributed by atoms with Crippen molar-refractivity contribution in [3.8, 4) is 33.9 Å². The Labute approximate surface area is 170 Å². The average Bonchev–Trinajstić information content (AvgIpc) is 2.73. The van der Waals surface area contributed by atoms with E-state index in [1.807, 2.05) is 48.5 Å². The maximum absolute atomic E-state index is 6.19. The fourth-order valence-corrected chi connectivity index (χ4v) is 3.75. The maximum atomic E-state index is 6.19. The van der Waals surface area contributed by atoms with Crippen molar-refractivity contribution in [1.29, 1.82) is 0 Å². The summed E-state index contributed by atoms with van der Waals surface area (Å²) in [5.41, 5.74) is 10.3. The summed E-state index contributed by atoms with van der Waals surface area (Å²) in [5.74, 6) is 1.60. The van der Waals surface area contributed by atoms with Crippen molar-refractivity contribution < 1.29 is 9.47 Å². The van der Waals surface area contributed by atoms with Gasteiger partial charge in [-0.25, -0.2) is 15.0 Å². The molecular weight excluding hydrogens is 420 g/mol. The summed E-state index contributed by atoms with van der Waals surface area (Å²) in [4.78, 5) is 13.2. The van der Waals surface area contributed by atoms with Crippen molar-refractivity contribution in [2.45, 2.75) is 0 Å². The molecule has 0 aliphatic heterocycles. The number of anilines is 1. The highest BCUT2D eigenvalue weighted by Gasteiger charge is 2.17. The van der Waals surface area contributed by atoms with Gasteiger partial charge in [-0.2, -0.15) is 0 Å². The van der Waals surface area contributed by atoms with Gasteiger partial charge in [-0.3, -0.25) is 0 Å². The van der Waals surface area contributed by atoms with Crippen LogP contribution in [-0.2, 0) is 0 Å². The van der Waals surface area contributed by atoms with Gasteiger partial charge in [0.15, 0.2) is 17.1 Å². The van der Waals surface area contributed by atoms with E-state index in [0.717, 1.165) is 26.9 Å². The van der Waals surface area contributed by atoms with Crippen molar-refractivity contribution >= 4 is 32.8 Å². The number of methoxy groups -OCH3 is 2. The topological polar surface area (TPSA) is 83.2 Å². The van der Waals surface area contributed by atoms with E-state index >= 15 is 0 Å². The van der Waals surface area contributed by atoms with Crippen molar-refractivity contribution in [2.75, 3.05) is 20.0 Å².